The molecule has 2 aromatic rings. The maximum Gasteiger partial charge on any atom is 0.247 e. The van der Waals surface area contributed by atoms with Crippen LogP contribution in [0.5, 0.6) is 5.75 Å². The van der Waals surface area contributed by atoms with Gasteiger partial charge in [-0.05, 0) is 42.3 Å². The van der Waals surface area contributed by atoms with Gasteiger partial charge in [0.2, 0.25) is 17.7 Å². The Morgan fingerprint density at radius 3 is 2.33 bits per heavy atom. The second-order valence-electron chi connectivity index (χ2n) is 6.56. The summed E-state index contributed by atoms with van der Waals surface area (Å²) < 4.78 is 5.06. The van der Waals surface area contributed by atoms with Crippen LogP contribution < -0.4 is 15.4 Å². The maximum atomic E-state index is 12.4. The Morgan fingerprint density at radius 1 is 1.00 bits per heavy atom. The molecule has 0 radical (unpaired) electrons. The molecule has 2 rings (SSSR count). The van der Waals surface area contributed by atoms with Crippen molar-refractivity contribution in [3.05, 3.63) is 66.2 Å². The summed E-state index contributed by atoms with van der Waals surface area (Å²) in [6.07, 6.45) is 3.88. The quantitative estimate of drug-likeness (QED) is 0.591. The van der Waals surface area contributed by atoms with Crippen molar-refractivity contribution in [3.63, 3.8) is 0 Å². The van der Waals surface area contributed by atoms with Gasteiger partial charge < -0.3 is 20.3 Å². The van der Waals surface area contributed by atoms with Crippen molar-refractivity contribution in [1.82, 2.24) is 10.2 Å². The summed E-state index contributed by atoms with van der Waals surface area (Å²) in [4.78, 5) is 38.1. The van der Waals surface area contributed by atoms with Crippen molar-refractivity contribution >= 4 is 29.5 Å². The van der Waals surface area contributed by atoms with Gasteiger partial charge in [-0.25, -0.2) is 0 Å². The monoisotopic (exact) mass is 409 g/mol. The Labute approximate surface area is 176 Å². The zero-order valence-corrected chi connectivity index (χ0v) is 17.3. The van der Waals surface area contributed by atoms with E-state index in [-0.39, 0.29) is 24.9 Å². The summed E-state index contributed by atoms with van der Waals surface area (Å²) in [7, 11) is 1.56. The number of nitrogens with zero attached hydrogens (tertiary/aromatic N) is 1. The van der Waals surface area contributed by atoms with Crippen LogP contribution >= 0.6 is 0 Å². The zero-order valence-electron chi connectivity index (χ0n) is 17.3. The molecule has 158 valence electrons. The molecule has 3 amide bonds. The molecule has 0 aliphatic carbocycles. The summed E-state index contributed by atoms with van der Waals surface area (Å²) in [5.41, 5.74) is 1.51. The number of benzene rings is 2. The van der Waals surface area contributed by atoms with E-state index in [9.17, 15) is 14.4 Å². The molecule has 0 aliphatic heterocycles. The van der Waals surface area contributed by atoms with Gasteiger partial charge in [-0.15, -0.1) is 0 Å². The van der Waals surface area contributed by atoms with E-state index in [1.165, 1.54) is 11.0 Å². The van der Waals surface area contributed by atoms with E-state index in [0.717, 1.165) is 12.0 Å². The van der Waals surface area contributed by atoms with Gasteiger partial charge in [-0.2, -0.15) is 0 Å². The average Bonchev–Trinajstić information content (AvgIpc) is 2.77. The smallest absolute Gasteiger partial charge is 0.247 e. The van der Waals surface area contributed by atoms with E-state index in [1.807, 2.05) is 37.3 Å². The maximum absolute atomic E-state index is 12.4. The van der Waals surface area contributed by atoms with Crippen LogP contribution in [-0.2, 0) is 14.4 Å². The molecule has 0 spiro atoms. The van der Waals surface area contributed by atoms with Crippen molar-refractivity contribution in [2.75, 3.05) is 32.1 Å². The Kier molecular flexibility index (Phi) is 9.12. The molecule has 0 bridgehead atoms. The highest BCUT2D eigenvalue weighted by atomic mass is 16.5. The van der Waals surface area contributed by atoms with Crippen LogP contribution in [-0.4, -0.2) is 49.4 Å². The molecule has 0 saturated carbocycles. The molecule has 30 heavy (non-hydrogen) atoms. The number of rotatable bonds is 10. The van der Waals surface area contributed by atoms with Crippen molar-refractivity contribution in [1.29, 1.82) is 0 Å². The van der Waals surface area contributed by atoms with Crippen molar-refractivity contribution in [2.24, 2.45) is 0 Å². The van der Waals surface area contributed by atoms with Gasteiger partial charge in [0.1, 0.15) is 5.75 Å². The Balaban J connectivity index is 1.82. The fourth-order valence-electron chi connectivity index (χ4n) is 2.66. The SMILES string of the molecule is CCCN(CC(=O)NCC(=O)Nc1ccc(OC)cc1)C(=O)C=Cc1ccccc1. The first-order valence-corrected chi connectivity index (χ1v) is 9.74. The van der Waals surface area contributed by atoms with E-state index >= 15 is 0 Å². The summed E-state index contributed by atoms with van der Waals surface area (Å²) in [5.74, 6) is -0.317. The standard InChI is InChI=1S/C23H27N3O4/c1-3-15-26(23(29)14-9-18-7-5-4-6-8-18)17-22(28)24-16-21(27)25-19-10-12-20(30-2)13-11-19/h4-14H,3,15-17H2,1-2H3,(H,24,28)(H,25,27). The lowest BCUT2D eigenvalue weighted by Crippen LogP contribution is -2.42. The normalized spacial score (nSPS) is 10.5. The number of nitrogens with one attached hydrogen (secondary N) is 2. The van der Waals surface area contributed by atoms with Crippen LogP contribution in [0.4, 0.5) is 5.69 Å². The number of hydrogen-bond acceptors (Lipinski definition) is 4. The number of anilines is 1. The number of amides is 3. The second kappa shape index (κ2) is 12.1. The highest BCUT2D eigenvalue weighted by molar-refractivity contribution is 5.97. The molecule has 2 aromatic carbocycles. The third-order valence-corrected chi connectivity index (χ3v) is 4.18. The van der Waals surface area contributed by atoms with Gasteiger partial charge >= 0.3 is 0 Å². The number of ether oxygens (including phenoxy) is 1. The minimum atomic E-state index is -0.394. The Hall–Kier alpha value is -3.61. The molecule has 0 saturated heterocycles. The molecular formula is C23H27N3O4. The predicted molar refractivity (Wildman–Crippen MR) is 117 cm³/mol. The third kappa shape index (κ3) is 7.79. The Bertz CT molecular complexity index is 864. The van der Waals surface area contributed by atoms with Crippen LogP contribution in [0.1, 0.15) is 18.9 Å². The summed E-state index contributed by atoms with van der Waals surface area (Å²) in [6.45, 7) is 2.09. The zero-order chi connectivity index (χ0) is 21.8. The first kappa shape index (κ1) is 22.7. The van der Waals surface area contributed by atoms with E-state index in [1.54, 1.807) is 37.5 Å². The van der Waals surface area contributed by atoms with Gasteiger partial charge in [0.15, 0.2) is 0 Å². The minimum absolute atomic E-state index is 0.110. The molecule has 0 heterocycles. The van der Waals surface area contributed by atoms with Crippen LogP contribution in [0.15, 0.2) is 60.7 Å². The van der Waals surface area contributed by atoms with E-state index < -0.39 is 5.91 Å². The molecule has 0 unspecified atom stereocenters. The molecule has 7 nitrogen and oxygen atoms in total. The molecule has 0 aromatic heterocycles. The highest BCUT2D eigenvalue weighted by Crippen LogP contribution is 2.14. The lowest BCUT2D eigenvalue weighted by molar-refractivity contribution is -0.132. The fourth-order valence-corrected chi connectivity index (χ4v) is 2.66. The predicted octanol–water partition coefficient (Wildman–Crippen LogP) is 2.70. The van der Waals surface area contributed by atoms with E-state index in [2.05, 4.69) is 10.6 Å². The van der Waals surface area contributed by atoms with Gasteiger partial charge in [0.25, 0.3) is 0 Å². The van der Waals surface area contributed by atoms with Crippen molar-refractivity contribution in [3.8, 4) is 5.75 Å². The summed E-state index contributed by atoms with van der Waals surface area (Å²) in [5, 5.41) is 5.24. The largest absolute Gasteiger partial charge is 0.497 e. The molecule has 0 fully saturated rings. The highest BCUT2D eigenvalue weighted by Gasteiger charge is 2.15. The van der Waals surface area contributed by atoms with Crippen LogP contribution in [0.2, 0.25) is 0 Å². The molecule has 7 heteroatoms. The van der Waals surface area contributed by atoms with Crippen LogP contribution in [0.3, 0.4) is 0 Å². The number of hydrogen-bond donors (Lipinski definition) is 2. The lowest BCUT2D eigenvalue weighted by Gasteiger charge is -2.20. The summed E-state index contributed by atoms with van der Waals surface area (Å²) >= 11 is 0. The molecule has 0 atom stereocenters. The number of carbonyl (C=O) groups is 3. The van der Waals surface area contributed by atoms with Crippen LogP contribution in [0.25, 0.3) is 6.08 Å². The fraction of sp³-hybridized carbons (Fsp3) is 0.261. The van der Waals surface area contributed by atoms with Gasteiger partial charge in [0, 0.05) is 18.3 Å². The first-order chi connectivity index (χ1) is 14.5. The number of methoxy groups -OCH3 is 1. The lowest BCUT2D eigenvalue weighted by atomic mass is 10.2. The van der Waals surface area contributed by atoms with Crippen molar-refractivity contribution in [2.45, 2.75) is 13.3 Å². The van der Waals surface area contributed by atoms with E-state index in [0.29, 0.717) is 18.0 Å². The third-order valence-electron chi connectivity index (χ3n) is 4.18. The first-order valence-electron chi connectivity index (χ1n) is 9.74. The minimum Gasteiger partial charge on any atom is -0.497 e. The second-order valence-corrected chi connectivity index (χ2v) is 6.56. The number of carbonyl (C=O) groups excluding carboxylic acids is 3. The average molecular weight is 409 g/mol. The molecular weight excluding hydrogens is 382 g/mol. The summed E-state index contributed by atoms with van der Waals surface area (Å²) in [6, 6.07) is 16.3. The van der Waals surface area contributed by atoms with Crippen molar-refractivity contribution < 1.29 is 19.1 Å². The molecule has 2 N–H and O–H groups in total. The topological polar surface area (TPSA) is 87.7 Å². The van der Waals surface area contributed by atoms with Gasteiger partial charge in [-0.3, -0.25) is 14.4 Å². The Morgan fingerprint density at radius 2 is 1.70 bits per heavy atom. The van der Waals surface area contributed by atoms with Crippen LogP contribution in [0, 0.1) is 0 Å². The molecule has 0 aliphatic rings. The van der Waals surface area contributed by atoms with Gasteiger partial charge in [0.05, 0.1) is 20.2 Å². The van der Waals surface area contributed by atoms with E-state index in [4.69, 9.17) is 4.74 Å². The van der Waals surface area contributed by atoms with Gasteiger partial charge in [-0.1, -0.05) is 37.3 Å².